The minimum atomic E-state index is -3.32. The Labute approximate surface area is 150 Å². The molecular formula is C18H15ClN2O3S. The number of fused-ring (bicyclic) bond motifs is 1. The summed E-state index contributed by atoms with van der Waals surface area (Å²) in [5.41, 5.74) is 1.61. The van der Waals surface area contributed by atoms with Gasteiger partial charge in [-0.25, -0.2) is 8.42 Å². The van der Waals surface area contributed by atoms with Crippen molar-refractivity contribution in [2.45, 2.75) is 6.54 Å². The van der Waals surface area contributed by atoms with Crippen molar-refractivity contribution < 1.29 is 13.2 Å². The van der Waals surface area contributed by atoms with Crippen molar-refractivity contribution >= 4 is 27.4 Å². The van der Waals surface area contributed by atoms with E-state index in [9.17, 15) is 8.42 Å². The third-order valence-corrected chi connectivity index (χ3v) is 5.56. The van der Waals surface area contributed by atoms with Crippen molar-refractivity contribution in [2.24, 2.45) is 0 Å². The number of benzene rings is 2. The van der Waals surface area contributed by atoms with Crippen LogP contribution < -0.4 is 9.46 Å². The number of hydrogen-bond acceptors (Lipinski definition) is 3. The van der Waals surface area contributed by atoms with E-state index in [0.717, 1.165) is 16.9 Å². The molecule has 5 nitrogen and oxygen atoms in total. The first-order valence-corrected chi connectivity index (χ1v) is 9.78. The number of halogens is 1. The van der Waals surface area contributed by atoms with Gasteiger partial charge >= 0.3 is 0 Å². The molecule has 0 saturated heterocycles. The molecule has 0 bridgehead atoms. The van der Waals surface area contributed by atoms with E-state index >= 15 is 0 Å². The molecule has 0 fully saturated rings. The van der Waals surface area contributed by atoms with Gasteiger partial charge in [-0.05, 0) is 35.9 Å². The van der Waals surface area contributed by atoms with Crippen LogP contribution in [0.3, 0.4) is 0 Å². The van der Waals surface area contributed by atoms with Crippen LogP contribution >= 0.6 is 11.6 Å². The van der Waals surface area contributed by atoms with Gasteiger partial charge in [0.2, 0.25) is 10.0 Å². The molecule has 3 aromatic rings. The van der Waals surface area contributed by atoms with Gasteiger partial charge in [0.1, 0.15) is 22.5 Å². The Kier molecular flexibility index (Phi) is 3.94. The van der Waals surface area contributed by atoms with Gasteiger partial charge in [-0.3, -0.25) is 4.72 Å². The molecule has 25 heavy (non-hydrogen) atoms. The Bertz CT molecular complexity index is 1010. The number of hydrogen-bond donors (Lipinski definition) is 1. The highest BCUT2D eigenvalue weighted by molar-refractivity contribution is 7.92. The van der Waals surface area contributed by atoms with Crippen molar-refractivity contribution in [3.63, 3.8) is 0 Å². The SMILES string of the molecule is O=S1(=O)CCn2c(Cl)cc(-c3ccc(Oc4ccccc4)cc3)c2N1. The topological polar surface area (TPSA) is 60.3 Å². The summed E-state index contributed by atoms with van der Waals surface area (Å²) in [5, 5.41) is 0.511. The molecule has 0 aliphatic carbocycles. The van der Waals surface area contributed by atoms with E-state index in [2.05, 4.69) is 4.72 Å². The normalized spacial score (nSPS) is 15.2. The van der Waals surface area contributed by atoms with Crippen LogP contribution in [0, 0.1) is 0 Å². The second-order valence-corrected chi connectivity index (χ2v) is 7.97. The quantitative estimate of drug-likeness (QED) is 0.741. The lowest BCUT2D eigenvalue weighted by molar-refractivity contribution is 0.483. The van der Waals surface area contributed by atoms with Gasteiger partial charge in [-0.2, -0.15) is 0 Å². The molecule has 0 unspecified atom stereocenters. The number of nitrogens with zero attached hydrogens (tertiary/aromatic N) is 1. The maximum absolute atomic E-state index is 11.9. The number of aromatic nitrogens is 1. The molecule has 0 spiro atoms. The van der Waals surface area contributed by atoms with E-state index in [-0.39, 0.29) is 5.75 Å². The molecule has 0 saturated carbocycles. The largest absolute Gasteiger partial charge is 0.457 e. The first kappa shape index (κ1) is 16.1. The van der Waals surface area contributed by atoms with Crippen molar-refractivity contribution in [3.8, 4) is 22.6 Å². The molecule has 4 rings (SSSR count). The van der Waals surface area contributed by atoms with Crippen LogP contribution in [0.1, 0.15) is 0 Å². The Morgan fingerprint density at radius 2 is 1.68 bits per heavy atom. The maximum atomic E-state index is 11.9. The molecule has 2 heterocycles. The van der Waals surface area contributed by atoms with Crippen molar-refractivity contribution in [3.05, 3.63) is 65.8 Å². The highest BCUT2D eigenvalue weighted by atomic mass is 35.5. The van der Waals surface area contributed by atoms with Gasteiger partial charge in [0, 0.05) is 12.1 Å². The fraction of sp³-hybridized carbons (Fsp3) is 0.111. The second-order valence-electron chi connectivity index (χ2n) is 5.74. The second kappa shape index (κ2) is 6.13. The zero-order valence-corrected chi connectivity index (χ0v) is 14.7. The number of ether oxygens (including phenoxy) is 1. The molecular weight excluding hydrogens is 360 g/mol. The summed E-state index contributed by atoms with van der Waals surface area (Å²) in [4.78, 5) is 0. The number of anilines is 1. The highest BCUT2D eigenvalue weighted by Crippen LogP contribution is 2.37. The van der Waals surface area contributed by atoms with Crippen LogP contribution in [0.4, 0.5) is 5.82 Å². The average Bonchev–Trinajstić information content (AvgIpc) is 2.91. The van der Waals surface area contributed by atoms with E-state index in [4.69, 9.17) is 16.3 Å². The molecule has 1 aliphatic heterocycles. The molecule has 7 heteroatoms. The molecule has 1 N–H and O–H groups in total. The summed E-state index contributed by atoms with van der Waals surface area (Å²) < 4.78 is 33.9. The summed E-state index contributed by atoms with van der Waals surface area (Å²) in [6.45, 7) is 0.346. The fourth-order valence-corrected chi connectivity index (χ4v) is 4.12. The highest BCUT2D eigenvalue weighted by Gasteiger charge is 2.25. The third-order valence-electron chi connectivity index (χ3n) is 4.03. The van der Waals surface area contributed by atoms with E-state index in [1.54, 1.807) is 10.6 Å². The van der Waals surface area contributed by atoms with Crippen LogP contribution in [0.2, 0.25) is 5.15 Å². The Morgan fingerprint density at radius 1 is 1.00 bits per heavy atom. The summed E-state index contributed by atoms with van der Waals surface area (Å²) in [6.07, 6.45) is 0. The van der Waals surface area contributed by atoms with Gasteiger partial charge in [-0.1, -0.05) is 41.9 Å². The minimum Gasteiger partial charge on any atom is -0.457 e. The molecule has 0 radical (unpaired) electrons. The monoisotopic (exact) mass is 374 g/mol. The first-order valence-electron chi connectivity index (χ1n) is 7.75. The summed E-state index contributed by atoms with van der Waals surface area (Å²) in [5.74, 6) is 1.99. The van der Waals surface area contributed by atoms with Crippen molar-refractivity contribution in [1.82, 2.24) is 4.57 Å². The smallest absolute Gasteiger partial charge is 0.235 e. The summed E-state index contributed by atoms with van der Waals surface area (Å²) in [6, 6.07) is 18.7. The zero-order chi connectivity index (χ0) is 17.4. The van der Waals surface area contributed by atoms with Crippen LogP contribution in [-0.2, 0) is 16.6 Å². The van der Waals surface area contributed by atoms with E-state index in [0.29, 0.717) is 23.3 Å². The number of rotatable bonds is 3. The lowest BCUT2D eigenvalue weighted by Gasteiger charge is -2.19. The number of nitrogens with one attached hydrogen (secondary N) is 1. The van der Waals surface area contributed by atoms with Crippen LogP contribution in [0.15, 0.2) is 60.7 Å². The maximum Gasteiger partial charge on any atom is 0.235 e. The van der Waals surface area contributed by atoms with Crippen LogP contribution in [0.25, 0.3) is 11.1 Å². The number of para-hydroxylation sites is 1. The Hall–Kier alpha value is -2.44. The summed E-state index contributed by atoms with van der Waals surface area (Å²) in [7, 11) is -3.32. The Balaban J connectivity index is 1.65. The standard InChI is InChI=1S/C18H15ClN2O3S/c19-17-12-16(18-20-25(22,23)11-10-21(17)18)13-6-8-15(9-7-13)24-14-4-2-1-3-5-14/h1-9,12,20H,10-11H2. The Morgan fingerprint density at radius 3 is 2.40 bits per heavy atom. The molecule has 0 atom stereocenters. The lowest BCUT2D eigenvalue weighted by atomic mass is 10.1. The van der Waals surface area contributed by atoms with E-state index in [1.165, 1.54) is 0 Å². The molecule has 1 aliphatic rings. The third kappa shape index (κ3) is 3.23. The van der Waals surface area contributed by atoms with Gasteiger partial charge in [-0.15, -0.1) is 0 Å². The van der Waals surface area contributed by atoms with E-state index in [1.807, 2.05) is 54.6 Å². The van der Waals surface area contributed by atoms with Crippen molar-refractivity contribution in [1.29, 1.82) is 0 Å². The van der Waals surface area contributed by atoms with Crippen LogP contribution in [0.5, 0.6) is 11.5 Å². The van der Waals surface area contributed by atoms with E-state index < -0.39 is 10.0 Å². The van der Waals surface area contributed by atoms with Gasteiger partial charge < -0.3 is 9.30 Å². The summed E-state index contributed by atoms with van der Waals surface area (Å²) >= 11 is 6.25. The predicted molar refractivity (Wildman–Crippen MR) is 98.8 cm³/mol. The molecule has 1 aromatic heterocycles. The zero-order valence-electron chi connectivity index (χ0n) is 13.1. The molecule has 0 amide bonds. The minimum absolute atomic E-state index is 0.0255. The average molecular weight is 375 g/mol. The molecule has 128 valence electrons. The predicted octanol–water partition coefficient (Wildman–Crippen LogP) is 4.36. The van der Waals surface area contributed by atoms with Crippen molar-refractivity contribution in [2.75, 3.05) is 10.5 Å². The fourth-order valence-electron chi connectivity index (χ4n) is 2.80. The van der Waals surface area contributed by atoms with Gasteiger partial charge in [0.25, 0.3) is 0 Å². The lowest BCUT2D eigenvalue weighted by Crippen LogP contribution is -2.27. The van der Waals surface area contributed by atoms with Gasteiger partial charge in [0.05, 0.1) is 5.75 Å². The molecule has 2 aromatic carbocycles. The van der Waals surface area contributed by atoms with Gasteiger partial charge in [0.15, 0.2) is 0 Å². The number of sulfonamides is 1. The first-order chi connectivity index (χ1) is 12.0. The van der Waals surface area contributed by atoms with Crippen LogP contribution in [-0.4, -0.2) is 18.7 Å².